The van der Waals surface area contributed by atoms with Crippen molar-refractivity contribution in [2.24, 2.45) is 16.1 Å². The Bertz CT molecular complexity index is 367. The minimum absolute atomic E-state index is 0.0266. The highest BCUT2D eigenvalue weighted by Crippen LogP contribution is 2.34. The van der Waals surface area contributed by atoms with Crippen LogP contribution in [0.5, 0.6) is 0 Å². The normalized spacial score (nSPS) is 21.1. The van der Waals surface area contributed by atoms with Crippen LogP contribution in [-0.4, -0.2) is 23.1 Å². The van der Waals surface area contributed by atoms with Gasteiger partial charge in [0.05, 0.1) is 5.57 Å². The second-order valence-electron chi connectivity index (χ2n) is 4.40. The number of nitrogens with two attached hydrogens (primary N) is 1. The number of aliphatic hydroxyl groups excluding tert-OH is 1. The molecular weight excluding hydrogens is 196 g/mol. The standard InChI is InChI=1S/C10H14N2O3/c1-10(2)3-7(13)6(8(14)4-10)5-12-9(11)15/h5,13H,3-4H2,1-2H3,(H2,11,15). The smallest absolute Gasteiger partial charge is 0.338 e. The van der Waals surface area contributed by atoms with Crippen molar-refractivity contribution in [2.45, 2.75) is 26.7 Å². The lowest BCUT2D eigenvalue weighted by atomic mass is 9.77. The van der Waals surface area contributed by atoms with Crippen LogP contribution >= 0.6 is 0 Å². The second kappa shape index (κ2) is 3.84. The lowest BCUT2D eigenvalue weighted by Crippen LogP contribution is -2.26. The summed E-state index contributed by atoms with van der Waals surface area (Å²) in [4.78, 5) is 25.2. The zero-order valence-electron chi connectivity index (χ0n) is 8.78. The van der Waals surface area contributed by atoms with Crippen LogP contribution in [0.15, 0.2) is 16.3 Å². The van der Waals surface area contributed by atoms with Crippen LogP contribution in [0.4, 0.5) is 4.79 Å². The molecule has 0 fully saturated rings. The number of primary amides is 1. The van der Waals surface area contributed by atoms with Gasteiger partial charge >= 0.3 is 6.03 Å². The number of hydrogen-bond donors (Lipinski definition) is 2. The van der Waals surface area contributed by atoms with E-state index >= 15 is 0 Å². The number of nitrogens with zero attached hydrogens (tertiary/aromatic N) is 1. The average Bonchev–Trinajstić information content (AvgIpc) is 1.98. The fourth-order valence-corrected chi connectivity index (χ4v) is 1.58. The van der Waals surface area contributed by atoms with Gasteiger partial charge in [-0.3, -0.25) is 4.79 Å². The van der Waals surface area contributed by atoms with E-state index in [0.29, 0.717) is 12.8 Å². The molecule has 0 radical (unpaired) electrons. The molecule has 0 aromatic carbocycles. The van der Waals surface area contributed by atoms with E-state index in [0.717, 1.165) is 6.21 Å². The molecule has 2 amide bonds. The lowest BCUT2D eigenvalue weighted by molar-refractivity contribution is -0.117. The maximum absolute atomic E-state index is 11.6. The molecule has 0 atom stereocenters. The topological polar surface area (TPSA) is 92.8 Å². The summed E-state index contributed by atoms with van der Waals surface area (Å²) in [6, 6.07) is -0.882. The maximum Gasteiger partial charge on any atom is 0.338 e. The minimum Gasteiger partial charge on any atom is -0.511 e. The van der Waals surface area contributed by atoms with Gasteiger partial charge in [0.2, 0.25) is 0 Å². The van der Waals surface area contributed by atoms with E-state index < -0.39 is 6.03 Å². The number of ketones is 1. The van der Waals surface area contributed by atoms with Crippen LogP contribution in [-0.2, 0) is 4.79 Å². The Morgan fingerprint density at radius 2 is 2.13 bits per heavy atom. The van der Waals surface area contributed by atoms with Crippen LogP contribution in [0.3, 0.4) is 0 Å². The quantitative estimate of drug-likeness (QED) is 0.639. The molecule has 0 unspecified atom stereocenters. The molecule has 0 saturated heterocycles. The van der Waals surface area contributed by atoms with Crippen molar-refractivity contribution < 1.29 is 14.7 Å². The fourth-order valence-electron chi connectivity index (χ4n) is 1.58. The number of urea groups is 1. The molecule has 0 aromatic heterocycles. The van der Waals surface area contributed by atoms with Crippen molar-refractivity contribution in [3.8, 4) is 0 Å². The molecule has 82 valence electrons. The fraction of sp³-hybridized carbons (Fsp3) is 0.500. The van der Waals surface area contributed by atoms with Crippen molar-refractivity contribution in [3.63, 3.8) is 0 Å². The second-order valence-corrected chi connectivity index (χ2v) is 4.40. The molecule has 5 nitrogen and oxygen atoms in total. The van der Waals surface area contributed by atoms with Gasteiger partial charge in [-0.05, 0) is 5.41 Å². The molecule has 3 N–H and O–H groups in total. The van der Waals surface area contributed by atoms with E-state index in [1.165, 1.54) is 0 Å². The van der Waals surface area contributed by atoms with Gasteiger partial charge < -0.3 is 10.8 Å². The zero-order chi connectivity index (χ0) is 11.6. The Balaban J connectivity index is 2.97. The first-order valence-electron chi connectivity index (χ1n) is 4.61. The highest BCUT2D eigenvalue weighted by Gasteiger charge is 2.32. The molecule has 0 aliphatic heterocycles. The van der Waals surface area contributed by atoms with E-state index in [4.69, 9.17) is 5.73 Å². The first-order chi connectivity index (χ1) is 6.82. The van der Waals surface area contributed by atoms with Crippen molar-refractivity contribution in [2.75, 3.05) is 0 Å². The number of allylic oxidation sites excluding steroid dienone is 2. The van der Waals surface area contributed by atoms with Crippen molar-refractivity contribution >= 4 is 18.0 Å². The molecule has 0 spiro atoms. The largest absolute Gasteiger partial charge is 0.511 e. The highest BCUT2D eigenvalue weighted by molar-refractivity contribution is 6.15. The Morgan fingerprint density at radius 1 is 1.53 bits per heavy atom. The van der Waals surface area contributed by atoms with Gasteiger partial charge in [-0.25, -0.2) is 9.79 Å². The molecule has 0 bridgehead atoms. The van der Waals surface area contributed by atoms with Crippen molar-refractivity contribution in [3.05, 3.63) is 11.3 Å². The van der Waals surface area contributed by atoms with Crippen molar-refractivity contribution in [1.82, 2.24) is 0 Å². The number of aliphatic hydroxyl groups is 1. The first-order valence-corrected chi connectivity index (χ1v) is 4.61. The van der Waals surface area contributed by atoms with Gasteiger partial charge in [0, 0.05) is 19.1 Å². The van der Waals surface area contributed by atoms with Gasteiger partial charge in [-0.1, -0.05) is 13.8 Å². The summed E-state index contributed by atoms with van der Waals surface area (Å²) in [6.07, 6.45) is 1.77. The number of amides is 2. The summed E-state index contributed by atoms with van der Waals surface area (Å²) in [6.45, 7) is 3.78. The van der Waals surface area contributed by atoms with Gasteiger partial charge in [-0.15, -0.1) is 0 Å². The molecule has 1 aliphatic rings. The zero-order valence-corrected chi connectivity index (χ0v) is 8.78. The van der Waals surface area contributed by atoms with Gasteiger partial charge in [0.1, 0.15) is 5.76 Å². The van der Waals surface area contributed by atoms with E-state index in [2.05, 4.69) is 4.99 Å². The predicted molar refractivity (Wildman–Crippen MR) is 55.8 cm³/mol. The average molecular weight is 210 g/mol. The number of rotatable bonds is 1. The summed E-state index contributed by atoms with van der Waals surface area (Å²) >= 11 is 0. The van der Waals surface area contributed by atoms with E-state index in [1.54, 1.807) is 0 Å². The Kier molecular flexibility index (Phi) is 2.93. The van der Waals surface area contributed by atoms with E-state index in [9.17, 15) is 14.7 Å². The molecule has 15 heavy (non-hydrogen) atoms. The number of hydrogen-bond acceptors (Lipinski definition) is 3. The summed E-state index contributed by atoms with van der Waals surface area (Å²) < 4.78 is 0. The number of Topliss-reactive ketones (excluding diaryl/α,β-unsaturated/α-hetero) is 1. The SMILES string of the molecule is CC1(C)CC(=O)C(C=NC(N)=O)=C(O)C1. The summed E-state index contributed by atoms with van der Waals surface area (Å²) in [5, 5.41) is 9.60. The Hall–Kier alpha value is -1.65. The van der Waals surface area contributed by atoms with E-state index in [1.807, 2.05) is 13.8 Å². The third-order valence-electron chi connectivity index (χ3n) is 2.22. The Morgan fingerprint density at radius 3 is 2.60 bits per heavy atom. The summed E-state index contributed by atoms with van der Waals surface area (Å²) in [5.41, 5.74) is 4.65. The van der Waals surface area contributed by atoms with E-state index in [-0.39, 0.29) is 22.5 Å². The van der Waals surface area contributed by atoms with Gasteiger partial charge in [-0.2, -0.15) is 0 Å². The number of aliphatic imine (C=N–C) groups is 1. The van der Waals surface area contributed by atoms with Crippen LogP contribution < -0.4 is 5.73 Å². The lowest BCUT2D eigenvalue weighted by Gasteiger charge is -2.28. The van der Waals surface area contributed by atoms with Gasteiger partial charge in [0.15, 0.2) is 5.78 Å². The molecule has 0 heterocycles. The van der Waals surface area contributed by atoms with Crippen LogP contribution in [0, 0.1) is 5.41 Å². The maximum atomic E-state index is 11.6. The Labute approximate surface area is 87.7 Å². The predicted octanol–water partition coefficient (Wildman–Crippen LogP) is 1.34. The molecule has 0 saturated carbocycles. The minimum atomic E-state index is -0.882. The van der Waals surface area contributed by atoms with Crippen molar-refractivity contribution in [1.29, 1.82) is 0 Å². The molecule has 5 heteroatoms. The molecule has 0 aromatic rings. The molecular formula is C10H14N2O3. The molecule has 1 aliphatic carbocycles. The van der Waals surface area contributed by atoms with Gasteiger partial charge in [0.25, 0.3) is 0 Å². The van der Waals surface area contributed by atoms with Crippen LogP contribution in [0.1, 0.15) is 26.7 Å². The van der Waals surface area contributed by atoms with Crippen LogP contribution in [0.2, 0.25) is 0 Å². The summed E-state index contributed by atoms with van der Waals surface area (Å²) in [5.74, 6) is -0.241. The highest BCUT2D eigenvalue weighted by atomic mass is 16.3. The first kappa shape index (κ1) is 11.4. The number of carbonyl (C=O) groups is 2. The van der Waals surface area contributed by atoms with Crippen LogP contribution in [0.25, 0.3) is 0 Å². The monoisotopic (exact) mass is 210 g/mol. The molecule has 1 rings (SSSR count). The third-order valence-corrected chi connectivity index (χ3v) is 2.22. The third kappa shape index (κ3) is 2.90. The number of carbonyl (C=O) groups excluding carboxylic acids is 2. The summed E-state index contributed by atoms with van der Waals surface area (Å²) in [7, 11) is 0.